The Balaban J connectivity index is 1.84. The van der Waals surface area contributed by atoms with Gasteiger partial charge in [-0.1, -0.05) is 12.1 Å². The van der Waals surface area contributed by atoms with Gasteiger partial charge in [0, 0.05) is 25.3 Å². The molecule has 0 aliphatic rings. The summed E-state index contributed by atoms with van der Waals surface area (Å²) in [7, 11) is 0. The topological polar surface area (TPSA) is 53.9 Å². The predicted octanol–water partition coefficient (Wildman–Crippen LogP) is 3.82. The van der Waals surface area contributed by atoms with Crippen LogP contribution < -0.4 is 10.2 Å². The Morgan fingerprint density at radius 2 is 1.86 bits per heavy atom. The van der Waals surface area contributed by atoms with E-state index in [9.17, 15) is 0 Å². The van der Waals surface area contributed by atoms with Gasteiger partial charge in [0.05, 0.1) is 0 Å². The summed E-state index contributed by atoms with van der Waals surface area (Å²) >= 11 is 11.5. The molecule has 0 aliphatic heterocycles. The molecule has 1 aromatic carbocycles. The van der Waals surface area contributed by atoms with Gasteiger partial charge < -0.3 is 10.2 Å². The fourth-order valence-corrected chi connectivity index (χ4v) is 2.53. The highest BCUT2D eigenvalue weighted by Crippen LogP contribution is 2.16. The van der Waals surface area contributed by atoms with Crippen LogP contribution >= 0.6 is 23.2 Å². The van der Waals surface area contributed by atoms with Gasteiger partial charge in [-0.25, -0.2) is 0 Å². The summed E-state index contributed by atoms with van der Waals surface area (Å²) in [5.41, 5.74) is 2.51. The first kappa shape index (κ1) is 16.8. The summed E-state index contributed by atoms with van der Waals surface area (Å²) in [6.45, 7) is 6.90. The van der Waals surface area contributed by atoms with Crippen LogP contribution in [0.25, 0.3) is 0 Å². The molecule has 0 radical (unpaired) electrons. The summed E-state index contributed by atoms with van der Waals surface area (Å²) in [4.78, 5) is 14.0. The Labute approximate surface area is 140 Å². The molecular weight excluding hydrogens is 321 g/mol. The summed E-state index contributed by atoms with van der Waals surface area (Å²) in [6.07, 6.45) is 0.947. The Hall–Kier alpha value is -1.59. The van der Waals surface area contributed by atoms with Crippen molar-refractivity contribution in [3.8, 4) is 0 Å². The van der Waals surface area contributed by atoms with Crippen molar-refractivity contribution in [2.75, 3.05) is 29.9 Å². The third kappa shape index (κ3) is 5.00. The van der Waals surface area contributed by atoms with Crippen molar-refractivity contribution in [2.24, 2.45) is 0 Å². The van der Waals surface area contributed by atoms with Gasteiger partial charge in [0.25, 0.3) is 0 Å². The third-order valence-electron chi connectivity index (χ3n) is 3.22. The minimum atomic E-state index is 0.0949. The van der Waals surface area contributed by atoms with Gasteiger partial charge in [0.2, 0.25) is 16.5 Å². The van der Waals surface area contributed by atoms with Gasteiger partial charge in [0.1, 0.15) is 0 Å². The van der Waals surface area contributed by atoms with Gasteiger partial charge in [-0.15, -0.1) is 0 Å². The minimum Gasteiger partial charge on any atom is -0.372 e. The predicted molar refractivity (Wildman–Crippen MR) is 92.0 cm³/mol. The lowest BCUT2D eigenvalue weighted by Crippen LogP contribution is -2.25. The first-order chi connectivity index (χ1) is 10.6. The molecule has 22 heavy (non-hydrogen) atoms. The highest BCUT2D eigenvalue weighted by atomic mass is 35.5. The first-order valence-electron chi connectivity index (χ1n) is 7.21. The largest absolute Gasteiger partial charge is 0.372 e. The quantitative estimate of drug-likeness (QED) is 0.777. The second kappa shape index (κ2) is 8.15. The zero-order valence-electron chi connectivity index (χ0n) is 12.7. The van der Waals surface area contributed by atoms with Crippen LogP contribution in [0.3, 0.4) is 0 Å². The van der Waals surface area contributed by atoms with Crippen molar-refractivity contribution in [1.82, 2.24) is 15.0 Å². The van der Waals surface area contributed by atoms with Crippen molar-refractivity contribution in [3.63, 3.8) is 0 Å². The number of hydrogen-bond acceptors (Lipinski definition) is 5. The second-order valence-electron chi connectivity index (χ2n) is 4.90. The molecule has 0 aliphatic carbocycles. The Kier molecular flexibility index (Phi) is 6.21. The van der Waals surface area contributed by atoms with Gasteiger partial charge in [-0.2, -0.15) is 15.0 Å². The Bertz CT molecular complexity index is 600. The van der Waals surface area contributed by atoms with Crippen molar-refractivity contribution in [3.05, 3.63) is 40.4 Å². The molecule has 0 unspecified atom stereocenters. The number of aryl methyl sites for hydroxylation is 1. The summed E-state index contributed by atoms with van der Waals surface area (Å²) < 4.78 is 0. The van der Waals surface area contributed by atoms with Crippen LogP contribution in [0.2, 0.25) is 10.6 Å². The van der Waals surface area contributed by atoms with Crippen LogP contribution in [0, 0.1) is 6.92 Å². The SMILES string of the molecule is CCN(CCCNc1nc(Cl)nc(Cl)n1)c1cccc(C)c1. The van der Waals surface area contributed by atoms with Gasteiger partial charge in [0.15, 0.2) is 0 Å². The van der Waals surface area contributed by atoms with Crippen LogP contribution in [0.5, 0.6) is 0 Å². The van der Waals surface area contributed by atoms with Crippen LogP contribution in [-0.2, 0) is 0 Å². The number of rotatable bonds is 7. The molecule has 118 valence electrons. The molecule has 2 rings (SSSR count). The maximum atomic E-state index is 5.74. The number of hydrogen-bond donors (Lipinski definition) is 1. The summed E-state index contributed by atoms with van der Waals surface area (Å²) in [5, 5.41) is 3.30. The average Bonchev–Trinajstić information content (AvgIpc) is 2.46. The van der Waals surface area contributed by atoms with E-state index in [4.69, 9.17) is 23.2 Å². The maximum absolute atomic E-state index is 5.74. The monoisotopic (exact) mass is 339 g/mol. The van der Waals surface area contributed by atoms with Crippen molar-refractivity contribution < 1.29 is 0 Å². The highest BCUT2D eigenvalue weighted by Gasteiger charge is 2.05. The van der Waals surface area contributed by atoms with Gasteiger partial charge >= 0.3 is 0 Å². The molecule has 0 amide bonds. The van der Waals surface area contributed by atoms with E-state index in [1.165, 1.54) is 11.3 Å². The molecule has 0 saturated heterocycles. The van der Waals surface area contributed by atoms with Crippen molar-refractivity contribution in [1.29, 1.82) is 0 Å². The van der Waals surface area contributed by atoms with Gasteiger partial charge in [-0.3, -0.25) is 0 Å². The van der Waals surface area contributed by atoms with Crippen LogP contribution in [0.1, 0.15) is 18.9 Å². The van der Waals surface area contributed by atoms with E-state index in [0.717, 1.165) is 26.1 Å². The third-order valence-corrected chi connectivity index (χ3v) is 3.56. The fraction of sp³-hybridized carbons (Fsp3) is 0.400. The molecule has 0 bridgehead atoms. The second-order valence-corrected chi connectivity index (χ2v) is 5.57. The number of aromatic nitrogens is 3. The molecule has 2 aromatic rings. The zero-order valence-corrected chi connectivity index (χ0v) is 14.2. The number of nitrogens with one attached hydrogen (secondary N) is 1. The lowest BCUT2D eigenvalue weighted by molar-refractivity contribution is 0.764. The molecule has 1 N–H and O–H groups in total. The zero-order chi connectivity index (χ0) is 15.9. The van der Waals surface area contributed by atoms with E-state index in [2.05, 4.69) is 63.3 Å². The fourth-order valence-electron chi connectivity index (χ4n) is 2.17. The standard InChI is InChI=1S/C15H19Cl2N5/c1-3-22(12-7-4-6-11(2)10-12)9-5-8-18-15-20-13(16)19-14(17)21-15/h4,6-7,10H,3,5,8-9H2,1-2H3,(H,18,19,20,21). The van der Waals surface area contributed by atoms with E-state index in [-0.39, 0.29) is 10.6 Å². The van der Waals surface area contributed by atoms with E-state index in [0.29, 0.717) is 5.95 Å². The molecule has 0 saturated carbocycles. The molecular formula is C15H19Cl2N5. The van der Waals surface area contributed by atoms with Crippen LogP contribution in [0.4, 0.5) is 11.6 Å². The van der Waals surface area contributed by atoms with Crippen molar-refractivity contribution in [2.45, 2.75) is 20.3 Å². The van der Waals surface area contributed by atoms with E-state index < -0.39 is 0 Å². The minimum absolute atomic E-state index is 0.0949. The molecule has 0 atom stereocenters. The van der Waals surface area contributed by atoms with Gasteiger partial charge in [-0.05, 0) is 61.2 Å². The highest BCUT2D eigenvalue weighted by molar-refractivity contribution is 6.31. The van der Waals surface area contributed by atoms with Crippen molar-refractivity contribution >= 4 is 34.8 Å². The Morgan fingerprint density at radius 1 is 1.14 bits per heavy atom. The lowest BCUT2D eigenvalue weighted by atomic mass is 10.2. The van der Waals surface area contributed by atoms with E-state index >= 15 is 0 Å². The lowest BCUT2D eigenvalue weighted by Gasteiger charge is -2.23. The number of benzene rings is 1. The number of nitrogens with zero attached hydrogens (tertiary/aromatic N) is 4. The average molecular weight is 340 g/mol. The van der Waals surface area contributed by atoms with Crippen LogP contribution in [-0.4, -0.2) is 34.6 Å². The first-order valence-corrected chi connectivity index (χ1v) is 7.96. The molecule has 0 spiro atoms. The molecule has 0 fully saturated rings. The summed E-state index contributed by atoms with van der Waals surface area (Å²) in [5.74, 6) is 0.406. The Morgan fingerprint density at radius 3 is 2.50 bits per heavy atom. The number of anilines is 2. The molecule has 1 heterocycles. The van der Waals surface area contributed by atoms with E-state index in [1.807, 2.05) is 0 Å². The van der Waals surface area contributed by atoms with Crippen LogP contribution in [0.15, 0.2) is 24.3 Å². The maximum Gasteiger partial charge on any atom is 0.228 e. The smallest absolute Gasteiger partial charge is 0.228 e. The molecule has 7 heteroatoms. The van der Waals surface area contributed by atoms with E-state index in [1.54, 1.807) is 0 Å². The normalized spacial score (nSPS) is 10.5. The molecule has 1 aromatic heterocycles. The summed E-state index contributed by atoms with van der Waals surface area (Å²) in [6, 6.07) is 8.52. The number of halogens is 2. The molecule has 5 nitrogen and oxygen atoms in total.